The highest BCUT2D eigenvalue weighted by molar-refractivity contribution is 5.82. The maximum absolute atomic E-state index is 11.5. The molecule has 0 aromatic heterocycles. The third kappa shape index (κ3) is 4.67. The number of rotatable bonds is 5. The quantitative estimate of drug-likeness (QED) is 0.611. The number of hydrogen-bond acceptors (Lipinski definition) is 6. The summed E-state index contributed by atoms with van der Waals surface area (Å²) in [6.45, 7) is 2.52. The van der Waals surface area contributed by atoms with Gasteiger partial charge in [0.2, 0.25) is 0 Å². The zero-order chi connectivity index (χ0) is 16.8. The number of carbonyl (C=O) groups excluding carboxylic acids is 3. The second-order valence-corrected chi connectivity index (χ2v) is 5.13. The van der Waals surface area contributed by atoms with Crippen molar-refractivity contribution in [3.8, 4) is 0 Å². The van der Waals surface area contributed by atoms with Gasteiger partial charge in [0.25, 0.3) is 0 Å². The Bertz CT molecular complexity index is 607. The van der Waals surface area contributed by atoms with Crippen molar-refractivity contribution in [2.75, 3.05) is 0 Å². The lowest BCUT2D eigenvalue weighted by molar-refractivity contribution is -0.183. The molecule has 0 aliphatic carbocycles. The summed E-state index contributed by atoms with van der Waals surface area (Å²) in [5.74, 6) is -1.59. The van der Waals surface area contributed by atoms with Crippen molar-refractivity contribution in [2.45, 2.75) is 38.6 Å². The molecule has 6 nitrogen and oxygen atoms in total. The lowest BCUT2D eigenvalue weighted by atomic mass is 9.97. The number of cyclic esters (lactones) is 1. The Hall–Kier alpha value is -2.63. The summed E-state index contributed by atoms with van der Waals surface area (Å²) in [5.41, 5.74) is 0.652. The molecule has 0 radical (unpaired) electrons. The molecule has 2 rings (SSSR count). The first-order valence-corrected chi connectivity index (χ1v) is 7.24. The summed E-state index contributed by atoms with van der Waals surface area (Å²) in [5, 5.41) is 0. The fraction of sp³-hybridized carbons (Fsp3) is 0.353. The molecule has 0 unspecified atom stereocenters. The Morgan fingerprint density at radius 2 is 1.78 bits per heavy atom. The van der Waals surface area contributed by atoms with E-state index >= 15 is 0 Å². The molecule has 0 saturated heterocycles. The number of carbonyl (C=O) groups is 3. The Morgan fingerprint density at radius 1 is 1.13 bits per heavy atom. The van der Waals surface area contributed by atoms with Gasteiger partial charge in [-0.05, 0) is 5.56 Å². The van der Waals surface area contributed by atoms with Gasteiger partial charge in [-0.3, -0.25) is 9.59 Å². The van der Waals surface area contributed by atoms with Crippen LogP contribution in [-0.4, -0.2) is 30.1 Å². The number of esters is 3. The zero-order valence-electron chi connectivity index (χ0n) is 12.9. The molecular formula is C17H18O6. The number of ether oxygens (including phenoxy) is 3. The fourth-order valence-corrected chi connectivity index (χ4v) is 2.41. The molecule has 1 aliphatic heterocycles. The van der Waals surface area contributed by atoms with E-state index in [1.54, 1.807) is 30.3 Å². The first kappa shape index (κ1) is 16.7. The molecule has 0 fully saturated rings. The van der Waals surface area contributed by atoms with Gasteiger partial charge in [-0.25, -0.2) is 4.79 Å². The van der Waals surface area contributed by atoms with Gasteiger partial charge in [0.05, 0.1) is 0 Å². The predicted octanol–water partition coefficient (Wildman–Crippen LogP) is 2.09. The van der Waals surface area contributed by atoms with Crippen LogP contribution in [0.5, 0.6) is 0 Å². The van der Waals surface area contributed by atoms with Crippen LogP contribution in [0.1, 0.15) is 31.9 Å². The molecule has 1 aromatic carbocycles. The molecule has 1 heterocycles. The summed E-state index contributed by atoms with van der Waals surface area (Å²) in [4.78, 5) is 34.4. The highest BCUT2D eigenvalue weighted by Crippen LogP contribution is 2.30. The molecule has 3 atom stereocenters. The zero-order valence-corrected chi connectivity index (χ0v) is 12.9. The molecule has 0 spiro atoms. The predicted molar refractivity (Wildman–Crippen MR) is 80.1 cm³/mol. The van der Waals surface area contributed by atoms with Crippen LogP contribution in [-0.2, 0) is 28.6 Å². The SMILES string of the molecule is CC(=O)O[C@H]([C@H](OC(C)=O)c1ccccc1)[C@H]1CC=CC(=O)O1. The van der Waals surface area contributed by atoms with Gasteiger partial charge in [0.1, 0.15) is 6.10 Å². The third-order valence-corrected chi connectivity index (χ3v) is 3.28. The smallest absolute Gasteiger partial charge is 0.330 e. The van der Waals surface area contributed by atoms with Gasteiger partial charge in [0.15, 0.2) is 12.2 Å². The van der Waals surface area contributed by atoms with Crippen LogP contribution in [0.15, 0.2) is 42.5 Å². The van der Waals surface area contributed by atoms with E-state index in [4.69, 9.17) is 14.2 Å². The Labute approximate surface area is 134 Å². The van der Waals surface area contributed by atoms with Gasteiger partial charge in [-0.15, -0.1) is 0 Å². The van der Waals surface area contributed by atoms with E-state index < -0.39 is 36.2 Å². The summed E-state index contributed by atoms with van der Waals surface area (Å²) in [6.07, 6.45) is 0.817. The van der Waals surface area contributed by atoms with Crippen molar-refractivity contribution in [2.24, 2.45) is 0 Å². The summed E-state index contributed by atoms with van der Waals surface area (Å²) in [6, 6.07) is 8.89. The van der Waals surface area contributed by atoms with Crippen LogP contribution >= 0.6 is 0 Å². The highest BCUT2D eigenvalue weighted by Gasteiger charge is 2.38. The first-order valence-electron chi connectivity index (χ1n) is 7.24. The van der Waals surface area contributed by atoms with Crippen LogP contribution in [0.4, 0.5) is 0 Å². The average Bonchev–Trinajstić information content (AvgIpc) is 2.51. The minimum atomic E-state index is -0.923. The van der Waals surface area contributed by atoms with Crippen molar-refractivity contribution in [1.29, 1.82) is 0 Å². The summed E-state index contributed by atoms with van der Waals surface area (Å²) < 4.78 is 15.9. The lowest BCUT2D eigenvalue weighted by Crippen LogP contribution is -2.41. The fourth-order valence-electron chi connectivity index (χ4n) is 2.41. The van der Waals surface area contributed by atoms with Gasteiger partial charge in [-0.1, -0.05) is 36.4 Å². The molecule has 0 N–H and O–H groups in total. The molecular weight excluding hydrogens is 300 g/mol. The van der Waals surface area contributed by atoms with Gasteiger partial charge in [0, 0.05) is 26.3 Å². The maximum atomic E-state index is 11.5. The van der Waals surface area contributed by atoms with E-state index in [1.807, 2.05) is 6.07 Å². The van der Waals surface area contributed by atoms with Crippen molar-refractivity contribution < 1.29 is 28.6 Å². The van der Waals surface area contributed by atoms with E-state index in [0.29, 0.717) is 12.0 Å². The van der Waals surface area contributed by atoms with Gasteiger partial charge >= 0.3 is 17.9 Å². The molecule has 0 amide bonds. The van der Waals surface area contributed by atoms with Crippen molar-refractivity contribution in [3.05, 3.63) is 48.0 Å². The normalized spacial score (nSPS) is 19.4. The van der Waals surface area contributed by atoms with Gasteiger partial charge < -0.3 is 14.2 Å². The minimum Gasteiger partial charge on any atom is -0.455 e. The number of hydrogen-bond donors (Lipinski definition) is 0. The van der Waals surface area contributed by atoms with E-state index in [-0.39, 0.29) is 0 Å². The third-order valence-electron chi connectivity index (χ3n) is 3.28. The van der Waals surface area contributed by atoms with Crippen LogP contribution in [0.3, 0.4) is 0 Å². The summed E-state index contributed by atoms with van der Waals surface area (Å²) >= 11 is 0. The second kappa shape index (κ2) is 7.58. The largest absolute Gasteiger partial charge is 0.455 e. The number of benzene rings is 1. The molecule has 122 valence electrons. The second-order valence-electron chi connectivity index (χ2n) is 5.13. The van der Waals surface area contributed by atoms with Crippen LogP contribution < -0.4 is 0 Å². The van der Waals surface area contributed by atoms with Crippen molar-refractivity contribution >= 4 is 17.9 Å². The minimum absolute atomic E-state index is 0.369. The standard InChI is InChI=1S/C17H18O6/c1-11(18)21-16(13-7-4-3-5-8-13)17(22-12(2)19)14-9-6-10-15(20)23-14/h3-8,10,14,16-17H,9H2,1-2H3/t14-,16-,17+/m1/s1. The average molecular weight is 318 g/mol. The Kier molecular flexibility index (Phi) is 5.51. The monoisotopic (exact) mass is 318 g/mol. The molecule has 0 bridgehead atoms. The van der Waals surface area contributed by atoms with E-state index in [2.05, 4.69) is 0 Å². The Balaban J connectivity index is 2.35. The topological polar surface area (TPSA) is 78.9 Å². The van der Waals surface area contributed by atoms with Crippen LogP contribution in [0.2, 0.25) is 0 Å². The Morgan fingerprint density at radius 3 is 2.35 bits per heavy atom. The van der Waals surface area contributed by atoms with Crippen molar-refractivity contribution in [3.63, 3.8) is 0 Å². The lowest BCUT2D eigenvalue weighted by Gasteiger charge is -2.32. The maximum Gasteiger partial charge on any atom is 0.330 e. The van der Waals surface area contributed by atoms with Crippen LogP contribution in [0, 0.1) is 0 Å². The molecule has 1 aliphatic rings. The van der Waals surface area contributed by atoms with Crippen LogP contribution in [0.25, 0.3) is 0 Å². The molecule has 0 saturated carbocycles. The first-order chi connectivity index (χ1) is 11.0. The molecule has 1 aromatic rings. The van der Waals surface area contributed by atoms with Gasteiger partial charge in [-0.2, -0.15) is 0 Å². The van der Waals surface area contributed by atoms with E-state index in [0.717, 1.165) is 0 Å². The highest BCUT2D eigenvalue weighted by atomic mass is 16.6. The molecule has 23 heavy (non-hydrogen) atoms. The van der Waals surface area contributed by atoms with Crippen molar-refractivity contribution in [1.82, 2.24) is 0 Å². The van der Waals surface area contributed by atoms with E-state index in [9.17, 15) is 14.4 Å². The molecule has 6 heteroatoms. The summed E-state index contributed by atoms with van der Waals surface area (Å²) in [7, 11) is 0. The van der Waals surface area contributed by atoms with E-state index in [1.165, 1.54) is 19.9 Å².